The Balaban J connectivity index is 1.82. The standard InChI is InChI=1S/C19H22N2O5S2/c1-26-14-7-9-17(10-8-14)28(24,25)21-12-11-16(13-18(21)19(22)20-23)27-15-5-3-2-4-6-15/h2-10,16,18,23H,11-13H2,1H3,(H,20,22)/t16?,18-/m1/s1. The summed E-state index contributed by atoms with van der Waals surface area (Å²) in [7, 11) is -2.39. The lowest BCUT2D eigenvalue weighted by atomic mass is 10.0. The molecular formula is C19H22N2O5S2. The van der Waals surface area contributed by atoms with E-state index in [2.05, 4.69) is 0 Å². The lowest BCUT2D eigenvalue weighted by Crippen LogP contribution is -2.53. The number of methoxy groups -OCH3 is 1. The van der Waals surface area contributed by atoms with Crippen molar-refractivity contribution in [2.75, 3.05) is 13.7 Å². The van der Waals surface area contributed by atoms with Gasteiger partial charge in [-0.25, -0.2) is 13.9 Å². The summed E-state index contributed by atoms with van der Waals surface area (Å²) in [6.07, 6.45) is 0.908. The highest BCUT2D eigenvalue weighted by atomic mass is 32.2. The largest absolute Gasteiger partial charge is 0.497 e. The minimum atomic E-state index is -3.89. The first-order valence-corrected chi connectivity index (χ1v) is 11.1. The fourth-order valence-corrected chi connectivity index (χ4v) is 6.01. The molecule has 2 aromatic rings. The van der Waals surface area contributed by atoms with E-state index in [0.29, 0.717) is 18.6 Å². The van der Waals surface area contributed by atoms with Crippen molar-refractivity contribution >= 4 is 27.7 Å². The number of hydrogen-bond donors (Lipinski definition) is 2. The summed E-state index contributed by atoms with van der Waals surface area (Å²) in [5.41, 5.74) is 1.62. The van der Waals surface area contributed by atoms with Gasteiger partial charge in [-0.05, 0) is 49.2 Å². The Bertz CT molecular complexity index is 904. The SMILES string of the molecule is COc1ccc(S(=O)(=O)N2CCC(Sc3ccccc3)C[C@@H]2C(=O)NO)cc1. The highest BCUT2D eigenvalue weighted by Gasteiger charge is 2.41. The highest BCUT2D eigenvalue weighted by Crippen LogP contribution is 2.35. The van der Waals surface area contributed by atoms with Crippen LogP contribution in [0, 0.1) is 0 Å². The molecule has 1 aliphatic rings. The van der Waals surface area contributed by atoms with Crippen LogP contribution in [0.5, 0.6) is 5.75 Å². The Kier molecular flexibility index (Phi) is 6.61. The number of nitrogens with one attached hydrogen (secondary N) is 1. The maximum absolute atomic E-state index is 13.1. The van der Waals surface area contributed by atoms with Crippen LogP contribution < -0.4 is 10.2 Å². The van der Waals surface area contributed by atoms with Crippen molar-refractivity contribution in [1.29, 1.82) is 0 Å². The number of rotatable bonds is 6. The summed E-state index contributed by atoms with van der Waals surface area (Å²) in [5, 5.41) is 9.20. The number of benzene rings is 2. The number of carbonyl (C=O) groups is 1. The molecule has 2 atom stereocenters. The minimum absolute atomic E-state index is 0.0621. The van der Waals surface area contributed by atoms with Crippen LogP contribution in [-0.4, -0.2) is 48.8 Å². The number of sulfonamides is 1. The van der Waals surface area contributed by atoms with Gasteiger partial charge in [0.1, 0.15) is 11.8 Å². The molecule has 1 amide bonds. The van der Waals surface area contributed by atoms with Crippen molar-refractivity contribution in [3.63, 3.8) is 0 Å². The summed E-state index contributed by atoms with van der Waals surface area (Å²) in [4.78, 5) is 13.4. The molecule has 9 heteroatoms. The summed E-state index contributed by atoms with van der Waals surface area (Å²) < 4.78 is 32.4. The van der Waals surface area contributed by atoms with E-state index in [1.54, 1.807) is 29.4 Å². The molecule has 1 unspecified atom stereocenters. The first kappa shape index (κ1) is 20.7. The van der Waals surface area contributed by atoms with E-state index in [4.69, 9.17) is 9.94 Å². The molecule has 1 saturated heterocycles. The van der Waals surface area contributed by atoms with E-state index in [1.807, 2.05) is 30.3 Å². The quantitative estimate of drug-likeness (QED) is 0.549. The second-order valence-corrected chi connectivity index (χ2v) is 9.62. The van der Waals surface area contributed by atoms with E-state index in [-0.39, 0.29) is 16.7 Å². The number of thioether (sulfide) groups is 1. The van der Waals surface area contributed by atoms with Crippen molar-refractivity contribution in [2.45, 2.75) is 33.9 Å². The third kappa shape index (κ3) is 4.49. The summed E-state index contributed by atoms with van der Waals surface area (Å²) in [5.74, 6) is -0.183. The van der Waals surface area contributed by atoms with Gasteiger partial charge in [0.2, 0.25) is 10.0 Å². The number of hydrogen-bond acceptors (Lipinski definition) is 6. The summed E-state index contributed by atoms with van der Waals surface area (Å²) >= 11 is 1.61. The van der Waals surface area contributed by atoms with Crippen molar-refractivity contribution < 1.29 is 23.2 Å². The van der Waals surface area contributed by atoms with Crippen LogP contribution in [-0.2, 0) is 14.8 Å². The number of nitrogens with zero attached hydrogens (tertiary/aromatic N) is 1. The first-order chi connectivity index (χ1) is 13.5. The molecule has 7 nitrogen and oxygen atoms in total. The zero-order valence-corrected chi connectivity index (χ0v) is 16.9. The monoisotopic (exact) mass is 422 g/mol. The fourth-order valence-electron chi connectivity index (χ4n) is 3.19. The fraction of sp³-hybridized carbons (Fsp3) is 0.316. The number of ether oxygens (including phenoxy) is 1. The lowest BCUT2D eigenvalue weighted by Gasteiger charge is -2.36. The van der Waals surface area contributed by atoms with Gasteiger partial charge in [-0.2, -0.15) is 4.31 Å². The molecule has 2 N–H and O–H groups in total. The van der Waals surface area contributed by atoms with Gasteiger partial charge in [-0.15, -0.1) is 11.8 Å². The highest BCUT2D eigenvalue weighted by molar-refractivity contribution is 8.00. The molecule has 0 spiro atoms. The molecule has 0 aromatic heterocycles. The van der Waals surface area contributed by atoms with Gasteiger partial charge in [-0.1, -0.05) is 18.2 Å². The van der Waals surface area contributed by atoms with Gasteiger partial charge in [0.25, 0.3) is 5.91 Å². The van der Waals surface area contributed by atoms with Gasteiger partial charge in [0.05, 0.1) is 12.0 Å². The second-order valence-electron chi connectivity index (χ2n) is 6.36. The number of hydroxylamine groups is 1. The third-order valence-corrected chi connectivity index (χ3v) is 7.86. The molecule has 3 rings (SSSR count). The Labute approximate surface area is 168 Å². The molecule has 1 fully saturated rings. The number of amides is 1. The Morgan fingerprint density at radius 2 is 1.86 bits per heavy atom. The van der Waals surface area contributed by atoms with Crippen LogP contribution in [0.2, 0.25) is 0 Å². The smallest absolute Gasteiger partial charge is 0.261 e. The maximum atomic E-state index is 13.1. The zero-order chi connectivity index (χ0) is 20.1. The first-order valence-electron chi connectivity index (χ1n) is 8.77. The number of carbonyl (C=O) groups excluding carboxylic acids is 1. The maximum Gasteiger partial charge on any atom is 0.261 e. The van der Waals surface area contributed by atoms with E-state index in [9.17, 15) is 13.2 Å². The van der Waals surface area contributed by atoms with E-state index >= 15 is 0 Å². The van der Waals surface area contributed by atoms with Crippen LogP contribution in [0.1, 0.15) is 12.8 Å². The molecule has 1 heterocycles. The van der Waals surface area contributed by atoms with Crippen LogP contribution in [0.25, 0.3) is 0 Å². The van der Waals surface area contributed by atoms with Gasteiger partial charge in [0.15, 0.2) is 0 Å². The van der Waals surface area contributed by atoms with Crippen LogP contribution >= 0.6 is 11.8 Å². The Hall–Kier alpha value is -2.07. The molecule has 0 aliphatic carbocycles. The van der Waals surface area contributed by atoms with E-state index in [0.717, 1.165) is 4.90 Å². The average molecular weight is 423 g/mol. The molecular weight excluding hydrogens is 400 g/mol. The molecule has 150 valence electrons. The van der Waals surface area contributed by atoms with Crippen molar-refractivity contribution in [3.05, 3.63) is 54.6 Å². The minimum Gasteiger partial charge on any atom is -0.497 e. The molecule has 0 radical (unpaired) electrons. The van der Waals surface area contributed by atoms with Crippen molar-refractivity contribution in [1.82, 2.24) is 9.79 Å². The molecule has 28 heavy (non-hydrogen) atoms. The Morgan fingerprint density at radius 3 is 2.46 bits per heavy atom. The van der Waals surface area contributed by atoms with Crippen LogP contribution in [0.15, 0.2) is 64.4 Å². The van der Waals surface area contributed by atoms with Crippen LogP contribution in [0.3, 0.4) is 0 Å². The normalized spacial score (nSPS) is 20.5. The Morgan fingerprint density at radius 1 is 1.18 bits per heavy atom. The summed E-state index contributed by atoms with van der Waals surface area (Å²) in [6.45, 7) is 0.191. The van der Waals surface area contributed by atoms with Gasteiger partial charge < -0.3 is 4.74 Å². The average Bonchev–Trinajstić information content (AvgIpc) is 2.73. The van der Waals surface area contributed by atoms with E-state index in [1.165, 1.54) is 23.5 Å². The van der Waals surface area contributed by atoms with Gasteiger partial charge in [-0.3, -0.25) is 10.0 Å². The third-order valence-electron chi connectivity index (χ3n) is 4.63. The molecule has 2 aromatic carbocycles. The van der Waals surface area contributed by atoms with Gasteiger partial charge >= 0.3 is 0 Å². The molecule has 1 aliphatic heterocycles. The van der Waals surface area contributed by atoms with Crippen molar-refractivity contribution in [3.8, 4) is 5.75 Å². The topological polar surface area (TPSA) is 95.9 Å². The summed E-state index contributed by atoms with van der Waals surface area (Å²) in [6, 6.07) is 14.8. The van der Waals surface area contributed by atoms with Crippen molar-refractivity contribution in [2.24, 2.45) is 0 Å². The number of piperidine rings is 1. The second kappa shape index (κ2) is 8.95. The van der Waals surface area contributed by atoms with E-state index < -0.39 is 22.0 Å². The zero-order valence-electron chi connectivity index (χ0n) is 15.3. The predicted octanol–water partition coefficient (Wildman–Crippen LogP) is 2.51. The lowest BCUT2D eigenvalue weighted by molar-refractivity contribution is -0.134. The van der Waals surface area contributed by atoms with Gasteiger partial charge in [0, 0.05) is 16.7 Å². The molecule has 0 bridgehead atoms. The van der Waals surface area contributed by atoms with Crippen LogP contribution in [0.4, 0.5) is 0 Å². The molecule has 0 saturated carbocycles. The predicted molar refractivity (Wildman–Crippen MR) is 106 cm³/mol.